The number of aromatic nitrogens is 1. The summed E-state index contributed by atoms with van der Waals surface area (Å²) < 4.78 is 13.6. The Kier molecular flexibility index (Phi) is 3.26. The molecule has 1 heterocycles. The maximum absolute atomic E-state index is 13.6. The zero-order valence-corrected chi connectivity index (χ0v) is 10.6. The summed E-state index contributed by atoms with van der Waals surface area (Å²) in [6.45, 7) is 4.19. The summed E-state index contributed by atoms with van der Waals surface area (Å²) >= 11 is 7.22. The van der Waals surface area contributed by atoms with Crippen LogP contribution in [0.3, 0.4) is 0 Å². The van der Waals surface area contributed by atoms with Crippen LogP contribution in [0.25, 0.3) is 10.6 Å². The minimum absolute atomic E-state index is 0.322. The molecule has 0 saturated heterocycles. The fourth-order valence-electron chi connectivity index (χ4n) is 1.34. The van der Waals surface area contributed by atoms with E-state index in [0.29, 0.717) is 21.5 Å². The highest BCUT2D eigenvalue weighted by atomic mass is 35.5. The van der Waals surface area contributed by atoms with Gasteiger partial charge in [-0.2, -0.15) is 0 Å². The summed E-state index contributed by atoms with van der Waals surface area (Å²) in [5, 5.41) is 1.11. The molecule has 0 spiro atoms. The van der Waals surface area contributed by atoms with Crippen molar-refractivity contribution in [2.75, 3.05) is 0 Å². The third-order valence-corrected chi connectivity index (χ3v) is 3.82. The minimum Gasteiger partial charge on any atom is -0.244 e. The Morgan fingerprint density at radius 2 is 2.12 bits per heavy atom. The van der Waals surface area contributed by atoms with Crippen molar-refractivity contribution in [2.45, 2.75) is 19.8 Å². The first-order valence-electron chi connectivity index (χ1n) is 4.99. The smallest absolute Gasteiger partial charge is 0.134 e. The molecule has 0 atom stereocenters. The van der Waals surface area contributed by atoms with Gasteiger partial charge < -0.3 is 0 Å². The lowest BCUT2D eigenvalue weighted by molar-refractivity contribution is 0.631. The van der Waals surface area contributed by atoms with Crippen LogP contribution in [0, 0.1) is 5.82 Å². The van der Waals surface area contributed by atoms with Gasteiger partial charge in [-0.25, -0.2) is 9.37 Å². The van der Waals surface area contributed by atoms with E-state index in [1.54, 1.807) is 18.3 Å². The third kappa shape index (κ3) is 2.25. The van der Waals surface area contributed by atoms with Crippen LogP contribution in [0.5, 0.6) is 0 Å². The Morgan fingerprint density at radius 3 is 2.69 bits per heavy atom. The van der Waals surface area contributed by atoms with E-state index >= 15 is 0 Å². The van der Waals surface area contributed by atoms with Gasteiger partial charge >= 0.3 is 0 Å². The molecular formula is C12H11ClFNS. The van der Waals surface area contributed by atoms with Crippen molar-refractivity contribution in [3.63, 3.8) is 0 Å². The van der Waals surface area contributed by atoms with Gasteiger partial charge in [0.05, 0.1) is 0 Å². The van der Waals surface area contributed by atoms with E-state index in [-0.39, 0.29) is 5.82 Å². The molecule has 0 N–H and O–H groups in total. The van der Waals surface area contributed by atoms with Crippen molar-refractivity contribution >= 4 is 22.9 Å². The number of thiazole rings is 1. The van der Waals surface area contributed by atoms with Crippen molar-refractivity contribution in [1.29, 1.82) is 0 Å². The molecule has 2 rings (SSSR count). The molecule has 0 aliphatic carbocycles. The average Bonchev–Trinajstić information content (AvgIpc) is 2.66. The standard InChI is InChI=1S/C12H11ClFNS/c1-7(2)11-6-15-12(16-11)9-4-3-8(13)5-10(9)14/h3-7H,1-2H3. The van der Waals surface area contributed by atoms with E-state index in [9.17, 15) is 4.39 Å². The molecule has 0 amide bonds. The van der Waals surface area contributed by atoms with Crippen molar-refractivity contribution < 1.29 is 4.39 Å². The highest BCUT2D eigenvalue weighted by Crippen LogP contribution is 2.31. The van der Waals surface area contributed by atoms with Gasteiger partial charge in [0.2, 0.25) is 0 Å². The maximum Gasteiger partial charge on any atom is 0.134 e. The van der Waals surface area contributed by atoms with Crippen LogP contribution in [-0.4, -0.2) is 4.98 Å². The molecule has 16 heavy (non-hydrogen) atoms. The van der Waals surface area contributed by atoms with E-state index in [1.165, 1.54) is 17.4 Å². The Balaban J connectivity index is 2.42. The summed E-state index contributed by atoms with van der Waals surface area (Å²) in [4.78, 5) is 5.39. The number of rotatable bonds is 2. The van der Waals surface area contributed by atoms with E-state index in [4.69, 9.17) is 11.6 Å². The van der Waals surface area contributed by atoms with Gasteiger partial charge in [-0.1, -0.05) is 25.4 Å². The van der Waals surface area contributed by atoms with Crippen LogP contribution in [0.15, 0.2) is 24.4 Å². The second-order valence-electron chi connectivity index (χ2n) is 3.85. The molecule has 0 radical (unpaired) electrons. The number of benzene rings is 1. The molecule has 0 saturated carbocycles. The predicted octanol–water partition coefficient (Wildman–Crippen LogP) is 4.73. The quantitative estimate of drug-likeness (QED) is 0.756. The number of hydrogen-bond donors (Lipinski definition) is 0. The largest absolute Gasteiger partial charge is 0.244 e. The predicted molar refractivity (Wildman–Crippen MR) is 66.6 cm³/mol. The SMILES string of the molecule is CC(C)c1cnc(-c2ccc(Cl)cc2F)s1. The maximum atomic E-state index is 13.6. The van der Waals surface area contributed by atoms with Crippen molar-refractivity contribution in [2.24, 2.45) is 0 Å². The van der Waals surface area contributed by atoms with Crippen LogP contribution in [-0.2, 0) is 0 Å². The van der Waals surface area contributed by atoms with Gasteiger partial charge in [0.25, 0.3) is 0 Å². The Morgan fingerprint density at radius 1 is 1.38 bits per heavy atom. The Hall–Kier alpha value is -0.930. The molecule has 1 nitrogen and oxygen atoms in total. The lowest BCUT2D eigenvalue weighted by atomic mass is 10.2. The molecule has 84 valence electrons. The zero-order chi connectivity index (χ0) is 11.7. The van der Waals surface area contributed by atoms with Crippen molar-refractivity contribution in [3.05, 3.63) is 40.1 Å². The molecule has 0 aliphatic heterocycles. The number of hydrogen-bond acceptors (Lipinski definition) is 2. The highest BCUT2D eigenvalue weighted by Gasteiger charge is 2.11. The summed E-state index contributed by atoms with van der Waals surface area (Å²) in [6, 6.07) is 4.66. The van der Waals surface area contributed by atoms with Gasteiger partial charge in [-0.3, -0.25) is 0 Å². The normalized spacial score (nSPS) is 11.1. The first-order valence-corrected chi connectivity index (χ1v) is 6.18. The number of nitrogens with zero attached hydrogens (tertiary/aromatic N) is 1. The van der Waals surface area contributed by atoms with Crippen LogP contribution >= 0.6 is 22.9 Å². The highest BCUT2D eigenvalue weighted by molar-refractivity contribution is 7.15. The molecule has 0 aliphatic rings. The fourth-order valence-corrected chi connectivity index (χ4v) is 2.45. The van der Waals surface area contributed by atoms with Gasteiger partial charge in [0, 0.05) is 21.7 Å². The molecule has 1 aromatic heterocycles. The second-order valence-corrected chi connectivity index (χ2v) is 5.35. The van der Waals surface area contributed by atoms with Crippen LogP contribution in [0.1, 0.15) is 24.6 Å². The molecule has 0 unspecified atom stereocenters. The monoisotopic (exact) mass is 255 g/mol. The van der Waals surface area contributed by atoms with Gasteiger partial charge in [-0.15, -0.1) is 11.3 Å². The van der Waals surface area contributed by atoms with E-state index in [1.807, 2.05) is 0 Å². The summed E-state index contributed by atoms with van der Waals surface area (Å²) in [5.41, 5.74) is 0.515. The van der Waals surface area contributed by atoms with Gasteiger partial charge in [0.15, 0.2) is 0 Å². The molecular weight excluding hydrogens is 245 g/mol. The summed E-state index contributed by atoms with van der Waals surface area (Å²) in [7, 11) is 0. The Labute approximate surface area is 103 Å². The fraction of sp³-hybridized carbons (Fsp3) is 0.250. The molecule has 0 fully saturated rings. The second kappa shape index (κ2) is 4.52. The third-order valence-electron chi connectivity index (χ3n) is 2.25. The van der Waals surface area contributed by atoms with Gasteiger partial charge in [-0.05, 0) is 24.1 Å². The van der Waals surface area contributed by atoms with Crippen LogP contribution in [0.4, 0.5) is 4.39 Å². The first-order chi connectivity index (χ1) is 7.58. The zero-order valence-electron chi connectivity index (χ0n) is 9.00. The Bertz CT molecular complexity index is 507. The lowest BCUT2D eigenvalue weighted by Gasteiger charge is -1.99. The molecule has 1 aromatic carbocycles. The lowest BCUT2D eigenvalue weighted by Crippen LogP contribution is -1.82. The topological polar surface area (TPSA) is 12.9 Å². The van der Waals surface area contributed by atoms with Crippen molar-refractivity contribution in [1.82, 2.24) is 4.98 Å². The number of halogens is 2. The summed E-state index contributed by atoms with van der Waals surface area (Å²) in [5.74, 6) is 0.0961. The van der Waals surface area contributed by atoms with E-state index in [0.717, 1.165) is 4.88 Å². The van der Waals surface area contributed by atoms with E-state index < -0.39 is 0 Å². The van der Waals surface area contributed by atoms with Crippen LogP contribution in [0.2, 0.25) is 5.02 Å². The summed E-state index contributed by atoms with van der Waals surface area (Å²) in [6.07, 6.45) is 1.80. The first kappa shape index (κ1) is 11.6. The molecule has 0 bridgehead atoms. The van der Waals surface area contributed by atoms with Crippen LogP contribution < -0.4 is 0 Å². The van der Waals surface area contributed by atoms with Gasteiger partial charge in [0.1, 0.15) is 10.8 Å². The van der Waals surface area contributed by atoms with Crippen molar-refractivity contribution in [3.8, 4) is 10.6 Å². The minimum atomic E-state index is -0.322. The molecule has 2 aromatic rings. The van der Waals surface area contributed by atoms with E-state index in [2.05, 4.69) is 18.8 Å². The average molecular weight is 256 g/mol. The molecule has 4 heteroatoms.